The molecule has 0 bridgehead atoms. The molecule has 0 unspecified atom stereocenters. The fraction of sp³-hybridized carbons (Fsp3) is 0.346. The van der Waals surface area contributed by atoms with Crippen LogP contribution in [0, 0.1) is 18.3 Å². The normalized spacial score (nSPS) is 16.3. The van der Waals surface area contributed by atoms with Crippen molar-refractivity contribution < 1.29 is 9.21 Å². The Bertz CT molecular complexity index is 1160. The summed E-state index contributed by atoms with van der Waals surface area (Å²) in [5.74, 6) is 1.53. The lowest BCUT2D eigenvalue weighted by atomic mass is 9.95. The number of rotatable bonds is 4. The minimum absolute atomic E-state index is 0.0147. The fourth-order valence-electron chi connectivity index (χ4n) is 4.34. The van der Waals surface area contributed by atoms with Crippen LogP contribution >= 0.6 is 0 Å². The number of aryl methyl sites for hydroxylation is 1. The monoisotopic (exact) mass is 428 g/mol. The Labute approximate surface area is 189 Å². The van der Waals surface area contributed by atoms with Crippen LogP contribution in [-0.2, 0) is 0 Å². The number of carbonyl (C=O) groups is 1. The summed E-state index contributed by atoms with van der Waals surface area (Å²) in [6.45, 7) is 9.89. The van der Waals surface area contributed by atoms with Crippen molar-refractivity contribution in [1.29, 1.82) is 5.26 Å². The van der Waals surface area contributed by atoms with E-state index in [4.69, 9.17) is 9.40 Å². The summed E-state index contributed by atoms with van der Waals surface area (Å²) < 4.78 is 5.31. The van der Waals surface area contributed by atoms with Crippen molar-refractivity contribution in [3.05, 3.63) is 71.3 Å². The maximum Gasteiger partial charge on any atom is 0.257 e. The summed E-state index contributed by atoms with van der Waals surface area (Å²) in [6, 6.07) is 16.1. The third kappa shape index (κ3) is 3.99. The molecule has 6 nitrogen and oxygen atoms in total. The highest BCUT2D eigenvalue weighted by molar-refractivity contribution is 5.95. The van der Waals surface area contributed by atoms with Crippen LogP contribution in [0.2, 0.25) is 0 Å². The van der Waals surface area contributed by atoms with Gasteiger partial charge < -0.3 is 14.2 Å². The Kier molecular flexibility index (Phi) is 6.00. The third-order valence-electron chi connectivity index (χ3n) is 6.06. The van der Waals surface area contributed by atoms with E-state index in [9.17, 15) is 10.1 Å². The van der Waals surface area contributed by atoms with Crippen molar-refractivity contribution in [2.45, 2.75) is 39.7 Å². The molecule has 0 aliphatic carbocycles. The van der Waals surface area contributed by atoms with E-state index in [1.165, 1.54) is 0 Å². The van der Waals surface area contributed by atoms with E-state index in [2.05, 4.69) is 24.8 Å². The van der Waals surface area contributed by atoms with Crippen molar-refractivity contribution >= 4 is 11.7 Å². The molecule has 1 aliphatic heterocycles. The average molecular weight is 429 g/mol. The second-order valence-corrected chi connectivity index (χ2v) is 8.61. The van der Waals surface area contributed by atoms with Crippen molar-refractivity contribution in [2.24, 2.45) is 0 Å². The van der Waals surface area contributed by atoms with Gasteiger partial charge in [0.15, 0.2) is 0 Å². The van der Waals surface area contributed by atoms with Crippen LogP contribution in [0.4, 0.5) is 5.82 Å². The molecular weight excluding hydrogens is 400 g/mol. The topological polar surface area (TPSA) is 73.4 Å². The molecule has 1 amide bonds. The van der Waals surface area contributed by atoms with Crippen LogP contribution in [-0.4, -0.2) is 41.5 Å². The molecule has 0 N–H and O–H groups in total. The van der Waals surface area contributed by atoms with E-state index in [0.29, 0.717) is 42.3 Å². The molecule has 0 spiro atoms. The van der Waals surface area contributed by atoms with Crippen molar-refractivity contribution in [1.82, 2.24) is 9.88 Å². The summed E-state index contributed by atoms with van der Waals surface area (Å²) in [4.78, 5) is 22.0. The van der Waals surface area contributed by atoms with Crippen molar-refractivity contribution in [3.8, 4) is 17.2 Å². The molecule has 32 heavy (non-hydrogen) atoms. The molecule has 0 saturated carbocycles. The molecule has 1 atom stereocenters. The number of hydrogen-bond donors (Lipinski definition) is 0. The molecule has 164 valence electrons. The molecule has 3 heterocycles. The number of carbonyl (C=O) groups excluding carboxylic acids is 1. The SMILES string of the molecule is Cc1occc1C(=O)N1CCN(c2nc(C(C)C)c(-c3ccccc3)cc2C#N)C[C@H]1C. The number of benzene rings is 1. The van der Waals surface area contributed by atoms with E-state index in [1.54, 1.807) is 19.3 Å². The molecule has 1 saturated heterocycles. The highest BCUT2D eigenvalue weighted by Gasteiger charge is 2.31. The Morgan fingerprint density at radius 1 is 1.22 bits per heavy atom. The number of aromatic nitrogens is 1. The van der Waals surface area contributed by atoms with Gasteiger partial charge in [0, 0.05) is 31.2 Å². The van der Waals surface area contributed by atoms with Gasteiger partial charge >= 0.3 is 0 Å². The number of furan rings is 1. The standard InChI is InChI=1S/C26H28N4O2/c1-17(2)24-23(20-8-6-5-7-9-20)14-21(15-27)25(28-24)29-11-12-30(18(3)16-29)26(31)22-10-13-32-19(22)4/h5-10,13-14,17-18H,11-12,16H2,1-4H3/t18-/m1/s1. The van der Waals surface area contributed by atoms with Crippen LogP contribution in [0.5, 0.6) is 0 Å². The number of piperazine rings is 1. The first-order valence-electron chi connectivity index (χ1n) is 11.0. The lowest BCUT2D eigenvalue weighted by Gasteiger charge is -2.40. The minimum atomic E-state index is -0.0183. The fourth-order valence-corrected chi connectivity index (χ4v) is 4.34. The zero-order valence-electron chi connectivity index (χ0n) is 19.0. The number of pyridine rings is 1. The van der Waals surface area contributed by atoms with Gasteiger partial charge in [0.25, 0.3) is 5.91 Å². The van der Waals surface area contributed by atoms with Gasteiger partial charge in [-0.1, -0.05) is 44.2 Å². The smallest absolute Gasteiger partial charge is 0.257 e. The van der Waals surface area contributed by atoms with E-state index in [1.807, 2.05) is 48.2 Å². The summed E-state index contributed by atoms with van der Waals surface area (Å²) in [6.07, 6.45) is 1.55. The predicted octanol–water partition coefficient (Wildman–Crippen LogP) is 5.00. The molecule has 3 aromatic rings. The van der Waals surface area contributed by atoms with Gasteiger partial charge in [-0.15, -0.1) is 0 Å². The first-order chi connectivity index (χ1) is 15.4. The molecule has 6 heteroatoms. The second-order valence-electron chi connectivity index (χ2n) is 8.61. The van der Waals surface area contributed by atoms with Gasteiger partial charge in [-0.3, -0.25) is 4.79 Å². The molecule has 1 fully saturated rings. The molecule has 4 rings (SSSR count). The first-order valence-corrected chi connectivity index (χ1v) is 11.0. The lowest BCUT2D eigenvalue weighted by molar-refractivity contribution is 0.0672. The quantitative estimate of drug-likeness (QED) is 0.585. The van der Waals surface area contributed by atoms with Crippen LogP contribution < -0.4 is 4.90 Å². The highest BCUT2D eigenvalue weighted by Crippen LogP contribution is 2.33. The van der Waals surface area contributed by atoms with Crippen LogP contribution in [0.25, 0.3) is 11.1 Å². The Morgan fingerprint density at radius 3 is 2.56 bits per heavy atom. The van der Waals surface area contributed by atoms with E-state index in [0.717, 1.165) is 16.8 Å². The summed E-state index contributed by atoms with van der Waals surface area (Å²) >= 11 is 0. The number of amides is 1. The highest BCUT2D eigenvalue weighted by atomic mass is 16.3. The van der Waals surface area contributed by atoms with Gasteiger partial charge in [0.1, 0.15) is 17.6 Å². The lowest BCUT2D eigenvalue weighted by Crippen LogP contribution is -2.54. The predicted molar refractivity (Wildman–Crippen MR) is 125 cm³/mol. The first kappa shape index (κ1) is 21.6. The van der Waals surface area contributed by atoms with E-state index < -0.39 is 0 Å². The summed E-state index contributed by atoms with van der Waals surface area (Å²) in [7, 11) is 0. The number of anilines is 1. The van der Waals surface area contributed by atoms with Gasteiger partial charge in [0.05, 0.1) is 23.1 Å². The summed E-state index contributed by atoms with van der Waals surface area (Å²) in [5.41, 5.74) is 4.20. The maximum absolute atomic E-state index is 13.0. The number of nitriles is 1. The molecule has 1 aliphatic rings. The average Bonchev–Trinajstić information content (AvgIpc) is 3.24. The Balaban J connectivity index is 1.64. The third-order valence-corrected chi connectivity index (χ3v) is 6.06. The van der Waals surface area contributed by atoms with Gasteiger partial charge in [-0.05, 0) is 37.5 Å². The molecular formula is C26H28N4O2. The van der Waals surface area contributed by atoms with Crippen molar-refractivity contribution in [3.63, 3.8) is 0 Å². The second kappa shape index (κ2) is 8.88. The zero-order chi connectivity index (χ0) is 22.8. The van der Waals surface area contributed by atoms with Gasteiger partial charge in [-0.25, -0.2) is 4.98 Å². The molecule has 0 radical (unpaired) electrons. The summed E-state index contributed by atoms with van der Waals surface area (Å²) in [5, 5.41) is 9.92. The Morgan fingerprint density at radius 2 is 1.97 bits per heavy atom. The van der Waals surface area contributed by atoms with Gasteiger partial charge in [0.2, 0.25) is 0 Å². The zero-order valence-corrected chi connectivity index (χ0v) is 19.0. The van der Waals surface area contributed by atoms with Crippen LogP contribution in [0.15, 0.2) is 53.1 Å². The van der Waals surface area contributed by atoms with Crippen LogP contribution in [0.3, 0.4) is 0 Å². The molecule has 2 aromatic heterocycles. The van der Waals surface area contributed by atoms with Crippen LogP contribution in [0.1, 0.15) is 54.1 Å². The van der Waals surface area contributed by atoms with E-state index >= 15 is 0 Å². The van der Waals surface area contributed by atoms with Gasteiger partial charge in [-0.2, -0.15) is 5.26 Å². The maximum atomic E-state index is 13.0. The largest absolute Gasteiger partial charge is 0.469 e. The van der Waals surface area contributed by atoms with E-state index in [-0.39, 0.29) is 17.9 Å². The number of hydrogen-bond acceptors (Lipinski definition) is 5. The minimum Gasteiger partial charge on any atom is -0.469 e. The van der Waals surface area contributed by atoms with Crippen molar-refractivity contribution in [2.75, 3.05) is 24.5 Å². The number of nitrogens with zero attached hydrogens (tertiary/aromatic N) is 4. The molecule has 1 aromatic carbocycles. The Hall–Kier alpha value is -3.59.